The van der Waals surface area contributed by atoms with Crippen LogP contribution in [0.3, 0.4) is 0 Å². The van der Waals surface area contributed by atoms with E-state index in [-0.39, 0.29) is 6.61 Å². The average Bonchev–Trinajstić information content (AvgIpc) is 2.46. The van der Waals surface area contributed by atoms with Crippen molar-refractivity contribution in [1.29, 1.82) is 0 Å². The van der Waals surface area contributed by atoms with Crippen molar-refractivity contribution in [2.75, 3.05) is 33.4 Å². The Hall–Kier alpha value is -1.50. The van der Waals surface area contributed by atoms with Crippen molar-refractivity contribution in [3.05, 3.63) is 29.8 Å². The Balaban J connectivity index is 2.31. The second-order valence-electron chi connectivity index (χ2n) is 5.11. The number of benzene rings is 1. The fourth-order valence-electron chi connectivity index (χ4n) is 1.85. The molecular weight excluding hydrogens is 250 g/mol. The van der Waals surface area contributed by atoms with Gasteiger partial charge in [-0.05, 0) is 37.2 Å². The van der Waals surface area contributed by atoms with Gasteiger partial charge in [-0.1, -0.05) is 32.1 Å². The van der Waals surface area contributed by atoms with Crippen molar-refractivity contribution >= 4 is 0 Å². The monoisotopic (exact) mass is 275 g/mol. The summed E-state index contributed by atoms with van der Waals surface area (Å²) >= 11 is 0. The molecule has 0 bridgehead atoms. The Bertz CT molecular complexity index is 431. The summed E-state index contributed by atoms with van der Waals surface area (Å²) in [6.45, 7) is 7.10. The highest BCUT2D eigenvalue weighted by molar-refractivity contribution is 5.38. The Morgan fingerprint density at radius 2 is 2.00 bits per heavy atom. The van der Waals surface area contributed by atoms with Crippen molar-refractivity contribution in [3.63, 3.8) is 0 Å². The number of nitrogens with zero attached hydrogens (tertiary/aromatic N) is 1. The minimum absolute atomic E-state index is 0.110. The zero-order valence-electron chi connectivity index (χ0n) is 12.7. The lowest BCUT2D eigenvalue weighted by molar-refractivity contribution is 0.217. The largest absolute Gasteiger partial charge is 0.492 e. The predicted octanol–water partition coefficient (Wildman–Crippen LogP) is 2.39. The second-order valence-corrected chi connectivity index (χ2v) is 5.11. The summed E-state index contributed by atoms with van der Waals surface area (Å²) < 4.78 is 5.71. The predicted molar refractivity (Wildman–Crippen MR) is 82.9 cm³/mol. The topological polar surface area (TPSA) is 32.7 Å². The van der Waals surface area contributed by atoms with Crippen LogP contribution in [0, 0.1) is 17.8 Å². The zero-order chi connectivity index (χ0) is 14.8. The number of aliphatic hydroxyl groups is 1. The fourth-order valence-corrected chi connectivity index (χ4v) is 1.85. The van der Waals surface area contributed by atoms with Crippen molar-refractivity contribution in [2.24, 2.45) is 5.92 Å². The lowest BCUT2D eigenvalue weighted by Crippen LogP contribution is -2.28. The van der Waals surface area contributed by atoms with Gasteiger partial charge in [0.15, 0.2) is 0 Å². The molecule has 0 radical (unpaired) electrons. The number of likely N-dealkylation sites (N-methyl/N-ethyl adjacent to an activating group) is 1. The number of aliphatic hydroxyl groups excluding tert-OH is 1. The Kier molecular flexibility index (Phi) is 7.79. The summed E-state index contributed by atoms with van der Waals surface area (Å²) in [7, 11) is 2.13. The first-order chi connectivity index (χ1) is 9.65. The zero-order valence-corrected chi connectivity index (χ0v) is 12.7. The summed E-state index contributed by atoms with van der Waals surface area (Å²) in [4.78, 5) is 2.30. The molecule has 0 amide bonds. The molecule has 1 rings (SSSR count). The van der Waals surface area contributed by atoms with Gasteiger partial charge in [-0.25, -0.2) is 0 Å². The van der Waals surface area contributed by atoms with Gasteiger partial charge in [-0.15, -0.1) is 0 Å². The summed E-state index contributed by atoms with van der Waals surface area (Å²) in [5, 5.41) is 8.63. The minimum Gasteiger partial charge on any atom is -0.492 e. The van der Waals surface area contributed by atoms with Gasteiger partial charge in [0.25, 0.3) is 0 Å². The molecule has 0 aliphatic rings. The molecule has 1 atom stereocenters. The van der Waals surface area contributed by atoms with E-state index in [0.29, 0.717) is 6.61 Å². The van der Waals surface area contributed by atoms with E-state index in [1.165, 1.54) is 6.42 Å². The van der Waals surface area contributed by atoms with Gasteiger partial charge in [0, 0.05) is 18.7 Å². The van der Waals surface area contributed by atoms with Gasteiger partial charge in [0.1, 0.15) is 19.0 Å². The van der Waals surface area contributed by atoms with Gasteiger partial charge in [-0.2, -0.15) is 0 Å². The van der Waals surface area contributed by atoms with Crippen LogP contribution in [0.1, 0.15) is 25.8 Å². The molecule has 1 unspecified atom stereocenters. The molecule has 0 aliphatic heterocycles. The number of hydrogen-bond acceptors (Lipinski definition) is 3. The molecule has 1 aromatic carbocycles. The maximum absolute atomic E-state index is 8.63. The van der Waals surface area contributed by atoms with E-state index in [1.807, 2.05) is 24.3 Å². The fraction of sp³-hybridized carbons (Fsp3) is 0.529. The Labute approximate surface area is 122 Å². The van der Waals surface area contributed by atoms with Crippen molar-refractivity contribution < 1.29 is 9.84 Å². The average molecular weight is 275 g/mol. The normalized spacial score (nSPS) is 11.8. The molecule has 0 saturated carbocycles. The van der Waals surface area contributed by atoms with Gasteiger partial charge < -0.3 is 14.7 Å². The maximum Gasteiger partial charge on any atom is 0.119 e. The van der Waals surface area contributed by atoms with Crippen LogP contribution in [0.15, 0.2) is 24.3 Å². The summed E-state index contributed by atoms with van der Waals surface area (Å²) in [6.07, 6.45) is 1.21. The molecule has 3 heteroatoms. The summed E-state index contributed by atoms with van der Waals surface area (Å²) in [5.74, 6) is 7.07. The van der Waals surface area contributed by atoms with Crippen LogP contribution >= 0.6 is 0 Å². The van der Waals surface area contributed by atoms with Crippen molar-refractivity contribution in [2.45, 2.75) is 20.3 Å². The molecule has 0 aliphatic carbocycles. The van der Waals surface area contributed by atoms with Gasteiger partial charge in [0.2, 0.25) is 0 Å². The van der Waals surface area contributed by atoms with E-state index >= 15 is 0 Å². The molecule has 1 aromatic rings. The molecule has 0 aromatic heterocycles. The summed E-state index contributed by atoms with van der Waals surface area (Å²) in [6, 6.07) is 7.63. The molecule has 0 spiro atoms. The Morgan fingerprint density at radius 3 is 2.60 bits per heavy atom. The van der Waals surface area contributed by atoms with E-state index in [4.69, 9.17) is 9.84 Å². The molecular formula is C17H25NO2. The highest BCUT2D eigenvalue weighted by Gasteiger charge is 2.04. The van der Waals surface area contributed by atoms with Crippen LogP contribution in [0.5, 0.6) is 5.75 Å². The highest BCUT2D eigenvalue weighted by Crippen LogP contribution is 2.11. The molecule has 20 heavy (non-hydrogen) atoms. The maximum atomic E-state index is 8.63. The number of ether oxygens (including phenoxy) is 1. The molecule has 110 valence electrons. The first-order valence-electron chi connectivity index (χ1n) is 7.16. The molecule has 0 saturated heterocycles. The van der Waals surface area contributed by atoms with Crippen LogP contribution in [0.2, 0.25) is 0 Å². The Morgan fingerprint density at radius 1 is 1.30 bits per heavy atom. The van der Waals surface area contributed by atoms with Gasteiger partial charge in [0.05, 0.1) is 0 Å². The van der Waals surface area contributed by atoms with E-state index in [1.54, 1.807) is 0 Å². The van der Waals surface area contributed by atoms with Crippen molar-refractivity contribution in [3.8, 4) is 17.6 Å². The standard InChI is InChI=1S/C17H25NO2/c1-4-15(2)14-18(3)11-13-20-17-9-7-16(8-10-17)6-5-12-19/h7-10,15,19H,4,11-14H2,1-3H3. The van der Waals surface area contributed by atoms with Crippen LogP contribution < -0.4 is 4.74 Å². The first-order valence-corrected chi connectivity index (χ1v) is 7.16. The SMILES string of the molecule is CCC(C)CN(C)CCOc1ccc(C#CCO)cc1. The smallest absolute Gasteiger partial charge is 0.119 e. The van der Waals surface area contributed by atoms with Crippen LogP contribution in [0.4, 0.5) is 0 Å². The second kappa shape index (κ2) is 9.41. The lowest BCUT2D eigenvalue weighted by Gasteiger charge is -2.20. The number of hydrogen-bond donors (Lipinski definition) is 1. The first kappa shape index (κ1) is 16.6. The van der Waals surface area contributed by atoms with Gasteiger partial charge >= 0.3 is 0 Å². The van der Waals surface area contributed by atoms with E-state index in [2.05, 4.69) is 37.6 Å². The minimum atomic E-state index is -0.110. The summed E-state index contributed by atoms with van der Waals surface area (Å²) in [5.41, 5.74) is 0.889. The van der Waals surface area contributed by atoms with Gasteiger partial charge in [-0.3, -0.25) is 0 Å². The van der Waals surface area contributed by atoms with Crippen LogP contribution in [-0.2, 0) is 0 Å². The third kappa shape index (κ3) is 6.60. The molecule has 0 fully saturated rings. The quantitative estimate of drug-likeness (QED) is 0.776. The lowest BCUT2D eigenvalue weighted by atomic mass is 10.1. The van der Waals surface area contributed by atoms with Crippen LogP contribution in [-0.4, -0.2) is 43.4 Å². The van der Waals surface area contributed by atoms with E-state index in [0.717, 1.165) is 30.3 Å². The van der Waals surface area contributed by atoms with E-state index < -0.39 is 0 Å². The van der Waals surface area contributed by atoms with Crippen molar-refractivity contribution in [1.82, 2.24) is 4.90 Å². The number of rotatable bonds is 7. The third-order valence-electron chi connectivity index (χ3n) is 3.23. The highest BCUT2D eigenvalue weighted by atomic mass is 16.5. The molecule has 0 heterocycles. The van der Waals surface area contributed by atoms with E-state index in [9.17, 15) is 0 Å². The third-order valence-corrected chi connectivity index (χ3v) is 3.23. The molecule has 3 nitrogen and oxygen atoms in total. The molecule has 1 N–H and O–H groups in total. The van der Waals surface area contributed by atoms with Crippen LogP contribution in [0.25, 0.3) is 0 Å².